The van der Waals surface area contributed by atoms with Crippen molar-refractivity contribution >= 4 is 23.4 Å². The molecule has 2 aromatic carbocycles. The number of carbonyl (C=O) groups is 1. The van der Waals surface area contributed by atoms with Crippen LogP contribution < -0.4 is 21.7 Å². The molecule has 2 aromatic heterocycles. The molecule has 0 aliphatic heterocycles. The molecule has 2 heterocycles. The van der Waals surface area contributed by atoms with Crippen molar-refractivity contribution < 1.29 is 19.4 Å². The van der Waals surface area contributed by atoms with Crippen molar-refractivity contribution in [2.45, 2.75) is 32.5 Å². The Balaban J connectivity index is 1.46. The Morgan fingerprint density at radius 1 is 1.10 bits per heavy atom. The van der Waals surface area contributed by atoms with Crippen LogP contribution in [-0.4, -0.2) is 55.3 Å². The second-order valence-electron chi connectivity index (χ2n) is 9.52. The van der Waals surface area contributed by atoms with E-state index < -0.39 is 24.7 Å². The second kappa shape index (κ2) is 13.4. The van der Waals surface area contributed by atoms with Gasteiger partial charge in [0.15, 0.2) is 28.8 Å². The average Bonchev–Trinajstić information content (AvgIpc) is 3.00. The minimum atomic E-state index is -0.962. The van der Waals surface area contributed by atoms with Crippen LogP contribution in [0.15, 0.2) is 54.9 Å². The molecule has 0 saturated heterocycles. The fraction of sp³-hybridized carbons (Fsp3) is 0.241. The van der Waals surface area contributed by atoms with Crippen LogP contribution in [0.4, 0.5) is 21.8 Å². The molecule has 0 aliphatic carbocycles. The molecule has 4 aromatic rings. The molecule has 0 spiro atoms. The average molecular weight is 572 g/mol. The molecule has 13 heteroatoms. The predicted molar refractivity (Wildman–Crippen MR) is 155 cm³/mol. The van der Waals surface area contributed by atoms with Crippen LogP contribution in [0.25, 0.3) is 11.3 Å². The van der Waals surface area contributed by atoms with Gasteiger partial charge in [0.2, 0.25) is 0 Å². The number of rotatable bonds is 11. The topological polar surface area (TPSA) is 195 Å². The Hall–Kier alpha value is -5.19. The number of aromatic nitrogens is 4. The first-order valence-electron chi connectivity index (χ1n) is 13.0. The molecule has 0 bridgehead atoms. The maximum absolute atomic E-state index is 13.7. The molecular formula is C29H30FN9O3. The molecule has 4 rings (SSSR count). The number of carbonyl (C=O) groups excluding carboxylic acids is 1. The summed E-state index contributed by atoms with van der Waals surface area (Å²) in [6, 6.07) is 13.5. The molecule has 0 radical (unpaired) electrons. The van der Waals surface area contributed by atoms with Gasteiger partial charge in [-0.25, -0.2) is 24.3 Å². The van der Waals surface area contributed by atoms with Gasteiger partial charge < -0.3 is 31.9 Å². The highest BCUT2D eigenvalue weighted by atomic mass is 19.1. The lowest BCUT2D eigenvalue weighted by Gasteiger charge is -2.16. The summed E-state index contributed by atoms with van der Waals surface area (Å²) in [5.74, 6) is -0.217. The van der Waals surface area contributed by atoms with Crippen molar-refractivity contribution in [3.05, 3.63) is 88.8 Å². The summed E-state index contributed by atoms with van der Waals surface area (Å²) in [6.07, 6.45) is 1.85. The van der Waals surface area contributed by atoms with Crippen LogP contribution in [0.1, 0.15) is 45.8 Å². The number of aryl methyl sites for hydroxylation is 1. The van der Waals surface area contributed by atoms with E-state index in [2.05, 4.69) is 35.9 Å². The zero-order valence-electron chi connectivity index (χ0n) is 23.0. The van der Waals surface area contributed by atoms with Crippen molar-refractivity contribution in [1.82, 2.24) is 25.3 Å². The molecule has 0 fully saturated rings. The van der Waals surface area contributed by atoms with E-state index in [9.17, 15) is 19.6 Å². The molecule has 42 heavy (non-hydrogen) atoms. The van der Waals surface area contributed by atoms with Crippen LogP contribution >= 0.6 is 0 Å². The first-order valence-corrected chi connectivity index (χ1v) is 13.0. The summed E-state index contributed by atoms with van der Waals surface area (Å²) in [7, 11) is 0. The molecule has 0 saturated carbocycles. The Labute approximate surface area is 241 Å². The van der Waals surface area contributed by atoms with Crippen LogP contribution in [0.5, 0.6) is 0 Å². The first-order chi connectivity index (χ1) is 20.2. The van der Waals surface area contributed by atoms with Gasteiger partial charge in [0.1, 0.15) is 11.9 Å². The number of anilines is 3. The van der Waals surface area contributed by atoms with Crippen molar-refractivity contribution in [2.24, 2.45) is 0 Å². The Kier molecular flexibility index (Phi) is 9.53. The highest BCUT2D eigenvalue weighted by molar-refractivity contribution is 5.97. The maximum atomic E-state index is 13.7. The lowest BCUT2D eigenvalue weighted by molar-refractivity contribution is 0.0935. The summed E-state index contributed by atoms with van der Waals surface area (Å²) in [4.78, 5) is 30.1. The molecule has 1 unspecified atom stereocenters. The van der Waals surface area contributed by atoms with Gasteiger partial charge in [0.25, 0.3) is 5.91 Å². The number of hydrogen-bond donors (Lipinski definition) is 6. The number of amides is 1. The van der Waals surface area contributed by atoms with Crippen LogP contribution in [0.2, 0.25) is 0 Å². The smallest absolute Gasteiger partial charge is 0.274 e. The van der Waals surface area contributed by atoms with Gasteiger partial charge in [-0.2, -0.15) is 5.26 Å². The fourth-order valence-electron chi connectivity index (χ4n) is 3.94. The van der Waals surface area contributed by atoms with Crippen molar-refractivity contribution in [3.63, 3.8) is 0 Å². The fourth-order valence-corrected chi connectivity index (χ4v) is 3.94. The van der Waals surface area contributed by atoms with E-state index >= 15 is 0 Å². The molecule has 12 nitrogen and oxygen atoms in total. The summed E-state index contributed by atoms with van der Waals surface area (Å²) in [6.45, 7) is 3.38. The third-order valence-corrected chi connectivity index (χ3v) is 6.36. The Morgan fingerprint density at radius 2 is 1.86 bits per heavy atom. The number of benzene rings is 2. The SMILES string of the molecule is Cc1cc([C@H](C)NC(=O)c2nc(C#N)cnc2NCc2ccc(-c3cnc(N)c(NCC(O)CO)n3)cc2)ccc1F. The molecule has 216 valence electrons. The summed E-state index contributed by atoms with van der Waals surface area (Å²) < 4.78 is 13.7. The molecule has 7 N–H and O–H groups in total. The number of aliphatic hydroxyl groups excluding tert-OH is 2. The summed E-state index contributed by atoms with van der Waals surface area (Å²) in [5, 5.41) is 36.7. The van der Waals surface area contributed by atoms with Crippen LogP contribution in [0.3, 0.4) is 0 Å². The molecule has 1 amide bonds. The number of nitrogens with zero attached hydrogens (tertiary/aromatic N) is 5. The lowest BCUT2D eigenvalue weighted by atomic mass is 10.1. The quantitative estimate of drug-likeness (QED) is 0.155. The molecule has 2 atom stereocenters. The minimum Gasteiger partial charge on any atom is -0.394 e. The molecular weight excluding hydrogens is 541 g/mol. The monoisotopic (exact) mass is 571 g/mol. The van der Waals surface area contributed by atoms with E-state index in [1.165, 1.54) is 18.5 Å². The van der Waals surface area contributed by atoms with Gasteiger partial charge in [-0.15, -0.1) is 0 Å². The zero-order chi connectivity index (χ0) is 30.2. The van der Waals surface area contributed by atoms with Gasteiger partial charge in [-0.05, 0) is 36.6 Å². The number of nitrogens with two attached hydrogens (primary N) is 1. The summed E-state index contributed by atoms with van der Waals surface area (Å²) >= 11 is 0. The number of nitrogens with one attached hydrogen (secondary N) is 3. The van der Waals surface area contributed by atoms with E-state index in [-0.39, 0.29) is 35.4 Å². The zero-order valence-corrected chi connectivity index (χ0v) is 23.0. The number of nitriles is 1. The normalized spacial score (nSPS) is 12.2. The van der Waals surface area contributed by atoms with E-state index in [0.29, 0.717) is 23.6 Å². The third kappa shape index (κ3) is 7.30. The van der Waals surface area contributed by atoms with E-state index in [1.54, 1.807) is 26.0 Å². The van der Waals surface area contributed by atoms with E-state index in [1.807, 2.05) is 30.3 Å². The predicted octanol–water partition coefficient (Wildman–Crippen LogP) is 2.70. The highest BCUT2D eigenvalue weighted by Crippen LogP contribution is 2.23. The van der Waals surface area contributed by atoms with Crippen LogP contribution in [0, 0.1) is 24.1 Å². The summed E-state index contributed by atoms with van der Waals surface area (Å²) in [5.41, 5.74) is 9.18. The van der Waals surface area contributed by atoms with Crippen LogP contribution in [-0.2, 0) is 6.54 Å². The number of nitrogen functional groups attached to an aromatic ring is 1. The van der Waals surface area contributed by atoms with Crippen molar-refractivity contribution in [3.8, 4) is 17.3 Å². The number of hydrogen-bond acceptors (Lipinski definition) is 11. The minimum absolute atomic E-state index is 0.00957. The standard InChI is InChI=1S/C29H30FN9O3/c1-16-9-20(7-8-23(16)30)17(2)37-29(42)25-27(35-12-21(10-31)38-25)34-11-18-3-5-19(6-4-18)24-14-33-26(32)28(39-24)36-13-22(41)15-40/h3-9,12,14,17,22,40-41H,11,13,15H2,1-2H3,(H2,32,33)(H,34,35)(H,36,39)(H,37,42)/t17-,22?/m0/s1. The largest absolute Gasteiger partial charge is 0.394 e. The highest BCUT2D eigenvalue weighted by Gasteiger charge is 2.19. The van der Waals surface area contributed by atoms with Crippen molar-refractivity contribution in [2.75, 3.05) is 29.5 Å². The van der Waals surface area contributed by atoms with E-state index in [4.69, 9.17) is 10.8 Å². The first kappa shape index (κ1) is 29.8. The number of aliphatic hydroxyl groups is 2. The van der Waals surface area contributed by atoms with Gasteiger partial charge in [0.05, 0.1) is 36.8 Å². The molecule has 0 aliphatic rings. The van der Waals surface area contributed by atoms with Crippen molar-refractivity contribution in [1.29, 1.82) is 5.26 Å². The Bertz CT molecular complexity index is 1610. The van der Waals surface area contributed by atoms with Gasteiger partial charge in [-0.1, -0.05) is 36.4 Å². The maximum Gasteiger partial charge on any atom is 0.274 e. The second-order valence-corrected chi connectivity index (χ2v) is 9.52. The third-order valence-electron chi connectivity index (χ3n) is 6.36. The number of halogens is 1. The van der Waals surface area contributed by atoms with Gasteiger partial charge in [-0.3, -0.25) is 4.79 Å². The van der Waals surface area contributed by atoms with E-state index in [0.717, 1.165) is 16.7 Å². The van der Waals surface area contributed by atoms with Gasteiger partial charge >= 0.3 is 0 Å². The lowest BCUT2D eigenvalue weighted by Crippen LogP contribution is -2.29. The Morgan fingerprint density at radius 3 is 2.55 bits per heavy atom. The van der Waals surface area contributed by atoms with Gasteiger partial charge in [0, 0.05) is 18.7 Å².